The van der Waals surface area contributed by atoms with Crippen LogP contribution in [0.4, 0.5) is 10.1 Å². The number of thiophene rings is 1. The minimum Gasteiger partial charge on any atom is -0.326 e. The van der Waals surface area contributed by atoms with E-state index in [2.05, 4.69) is 5.32 Å². The Morgan fingerprint density at radius 2 is 1.83 bits per heavy atom. The molecule has 1 N–H and O–H groups in total. The highest BCUT2D eigenvalue weighted by Gasteiger charge is 2.11. The van der Waals surface area contributed by atoms with Crippen LogP contribution in [0.25, 0.3) is 20.9 Å². The fourth-order valence-corrected chi connectivity index (χ4v) is 3.62. The number of fused-ring (bicyclic) bond motifs is 2. The molecule has 0 unspecified atom stereocenters. The summed E-state index contributed by atoms with van der Waals surface area (Å²) in [6.07, 6.45) is 1.51. The van der Waals surface area contributed by atoms with Crippen LogP contribution in [0.2, 0.25) is 0 Å². The van der Waals surface area contributed by atoms with Crippen molar-refractivity contribution in [2.75, 3.05) is 5.32 Å². The van der Waals surface area contributed by atoms with Gasteiger partial charge < -0.3 is 5.32 Å². The highest BCUT2D eigenvalue weighted by molar-refractivity contribution is 7.17. The lowest BCUT2D eigenvalue weighted by atomic mass is 10.1. The van der Waals surface area contributed by atoms with Crippen LogP contribution in [0.1, 0.15) is 5.56 Å². The Bertz CT molecular complexity index is 1050. The van der Waals surface area contributed by atoms with Crippen molar-refractivity contribution in [1.29, 1.82) is 0 Å². The smallest absolute Gasteiger partial charge is 0.233 e. The fraction of sp³-hybridized carbons (Fsp3) is 0. The van der Waals surface area contributed by atoms with Crippen LogP contribution < -0.4 is 5.32 Å². The molecule has 1 amide bonds. The second-order valence-corrected chi connectivity index (χ2v) is 6.44. The molecule has 24 heavy (non-hydrogen) atoms. The zero-order chi connectivity index (χ0) is 16.5. The van der Waals surface area contributed by atoms with Crippen LogP contribution >= 0.6 is 11.3 Å². The molecule has 0 aliphatic rings. The van der Waals surface area contributed by atoms with Crippen molar-refractivity contribution in [2.24, 2.45) is 0 Å². The van der Waals surface area contributed by atoms with Crippen LogP contribution in [0.15, 0.2) is 66.0 Å². The lowest BCUT2D eigenvalue weighted by Crippen LogP contribution is -2.12. The SMILES string of the molecule is O=C([CH]c1csc2ccc(F)cc12)Nc1ccc2ccccc2c1. The van der Waals surface area contributed by atoms with Crippen molar-refractivity contribution < 1.29 is 9.18 Å². The van der Waals surface area contributed by atoms with Gasteiger partial charge in [-0.15, -0.1) is 11.3 Å². The number of hydrogen-bond donors (Lipinski definition) is 1. The first-order valence-corrected chi connectivity index (χ1v) is 8.38. The number of anilines is 1. The van der Waals surface area contributed by atoms with E-state index < -0.39 is 0 Å². The van der Waals surface area contributed by atoms with E-state index in [0.717, 1.165) is 32.1 Å². The Morgan fingerprint density at radius 3 is 2.71 bits per heavy atom. The van der Waals surface area contributed by atoms with Gasteiger partial charge in [-0.25, -0.2) is 4.39 Å². The lowest BCUT2D eigenvalue weighted by molar-refractivity contribution is -0.112. The molecule has 4 aromatic rings. The Labute approximate surface area is 142 Å². The summed E-state index contributed by atoms with van der Waals surface area (Å²) < 4.78 is 14.4. The molecule has 0 spiro atoms. The summed E-state index contributed by atoms with van der Waals surface area (Å²) in [6.45, 7) is 0. The van der Waals surface area contributed by atoms with Crippen molar-refractivity contribution in [3.05, 3.63) is 83.8 Å². The quantitative estimate of drug-likeness (QED) is 0.535. The molecule has 1 radical (unpaired) electrons. The maximum absolute atomic E-state index is 13.4. The topological polar surface area (TPSA) is 29.1 Å². The van der Waals surface area contributed by atoms with Gasteiger partial charge in [-0.3, -0.25) is 4.79 Å². The summed E-state index contributed by atoms with van der Waals surface area (Å²) in [4.78, 5) is 12.3. The molecule has 0 saturated carbocycles. The molecule has 1 heterocycles. The number of rotatable bonds is 3. The minimum atomic E-state index is -0.300. The molecule has 4 rings (SSSR count). The van der Waals surface area contributed by atoms with Gasteiger partial charge in [-0.05, 0) is 57.4 Å². The normalized spacial score (nSPS) is 11.0. The van der Waals surface area contributed by atoms with E-state index in [4.69, 9.17) is 0 Å². The van der Waals surface area contributed by atoms with Gasteiger partial charge in [0.1, 0.15) is 5.82 Å². The number of halogens is 1. The minimum absolute atomic E-state index is 0.228. The van der Waals surface area contributed by atoms with E-state index in [1.54, 1.807) is 6.07 Å². The summed E-state index contributed by atoms with van der Waals surface area (Å²) in [6, 6.07) is 18.4. The molecule has 3 aromatic carbocycles. The Balaban J connectivity index is 1.55. The molecule has 0 fully saturated rings. The number of hydrogen-bond acceptors (Lipinski definition) is 2. The first-order valence-electron chi connectivity index (χ1n) is 7.50. The van der Waals surface area contributed by atoms with Crippen LogP contribution in [0.5, 0.6) is 0 Å². The lowest BCUT2D eigenvalue weighted by Gasteiger charge is -2.06. The molecular weight excluding hydrogens is 321 g/mol. The second kappa shape index (κ2) is 6.06. The average molecular weight is 334 g/mol. The number of carbonyl (C=O) groups is 1. The Kier molecular flexibility index (Phi) is 3.75. The average Bonchev–Trinajstić information content (AvgIpc) is 2.97. The maximum Gasteiger partial charge on any atom is 0.233 e. The van der Waals surface area contributed by atoms with Gasteiger partial charge in [0.2, 0.25) is 5.91 Å². The predicted molar refractivity (Wildman–Crippen MR) is 97.8 cm³/mol. The van der Waals surface area contributed by atoms with E-state index in [-0.39, 0.29) is 11.7 Å². The summed E-state index contributed by atoms with van der Waals surface area (Å²) in [7, 11) is 0. The monoisotopic (exact) mass is 334 g/mol. The third kappa shape index (κ3) is 2.88. The molecule has 4 heteroatoms. The number of nitrogens with one attached hydrogen (secondary N) is 1. The second-order valence-electron chi connectivity index (χ2n) is 5.53. The predicted octanol–water partition coefficient (Wildman–Crippen LogP) is 5.38. The van der Waals surface area contributed by atoms with Gasteiger partial charge >= 0.3 is 0 Å². The van der Waals surface area contributed by atoms with Crippen LogP contribution in [-0.2, 0) is 4.79 Å². The van der Waals surface area contributed by atoms with Crippen LogP contribution in [0.3, 0.4) is 0 Å². The first-order chi connectivity index (χ1) is 11.7. The summed E-state index contributed by atoms with van der Waals surface area (Å²) >= 11 is 1.49. The Morgan fingerprint density at radius 1 is 1.00 bits per heavy atom. The fourth-order valence-electron chi connectivity index (χ4n) is 2.72. The molecule has 0 atom stereocenters. The first kappa shape index (κ1) is 14.8. The third-order valence-corrected chi connectivity index (χ3v) is 4.85. The number of amides is 1. The molecule has 1 aromatic heterocycles. The van der Waals surface area contributed by atoms with Gasteiger partial charge in [0.15, 0.2) is 0 Å². The van der Waals surface area contributed by atoms with Crippen molar-refractivity contribution in [1.82, 2.24) is 0 Å². The summed E-state index contributed by atoms with van der Waals surface area (Å²) in [5.41, 5.74) is 1.47. The van der Waals surface area contributed by atoms with Crippen molar-refractivity contribution in [3.8, 4) is 0 Å². The summed E-state index contributed by atoms with van der Waals surface area (Å²) in [5.74, 6) is -0.528. The highest BCUT2D eigenvalue weighted by Crippen LogP contribution is 2.28. The maximum atomic E-state index is 13.4. The molecule has 2 nitrogen and oxygen atoms in total. The highest BCUT2D eigenvalue weighted by atomic mass is 32.1. The van der Waals surface area contributed by atoms with E-state index in [9.17, 15) is 9.18 Å². The van der Waals surface area contributed by atoms with Gasteiger partial charge in [-0.2, -0.15) is 0 Å². The van der Waals surface area contributed by atoms with E-state index in [1.807, 2.05) is 47.8 Å². The number of carbonyl (C=O) groups excluding carboxylic acids is 1. The van der Waals surface area contributed by atoms with Crippen LogP contribution in [-0.4, -0.2) is 5.91 Å². The molecule has 117 valence electrons. The van der Waals surface area contributed by atoms with Gasteiger partial charge in [0.25, 0.3) is 0 Å². The molecule has 0 aliphatic carbocycles. The van der Waals surface area contributed by atoms with Crippen molar-refractivity contribution >= 4 is 43.8 Å². The zero-order valence-electron chi connectivity index (χ0n) is 12.6. The third-order valence-electron chi connectivity index (χ3n) is 3.87. The van der Waals surface area contributed by atoms with E-state index in [0.29, 0.717) is 0 Å². The van der Waals surface area contributed by atoms with Gasteiger partial charge in [0, 0.05) is 10.4 Å². The molecular formula is C20H13FNOS. The van der Waals surface area contributed by atoms with Crippen molar-refractivity contribution in [3.63, 3.8) is 0 Å². The summed E-state index contributed by atoms with van der Waals surface area (Å²) in [5, 5.41) is 7.68. The van der Waals surface area contributed by atoms with E-state index in [1.165, 1.54) is 29.9 Å². The largest absolute Gasteiger partial charge is 0.326 e. The molecule has 0 bridgehead atoms. The standard InChI is InChI=1S/C20H13FNOS/c21-16-6-8-19-18(11-16)15(12-24-19)10-20(23)22-17-7-5-13-3-1-2-4-14(13)9-17/h1-12H,(H,22,23). The Hall–Kier alpha value is -2.72. The van der Waals surface area contributed by atoms with Crippen LogP contribution in [0, 0.1) is 12.2 Å². The van der Waals surface area contributed by atoms with Gasteiger partial charge in [-0.1, -0.05) is 30.3 Å². The van der Waals surface area contributed by atoms with Crippen molar-refractivity contribution in [2.45, 2.75) is 0 Å². The number of benzene rings is 3. The molecule has 0 aliphatic heterocycles. The van der Waals surface area contributed by atoms with E-state index >= 15 is 0 Å². The zero-order valence-corrected chi connectivity index (χ0v) is 13.4. The van der Waals surface area contributed by atoms with Gasteiger partial charge in [0.05, 0.1) is 6.42 Å². The molecule has 0 saturated heterocycles.